The third-order valence-corrected chi connectivity index (χ3v) is 7.41. The number of benzene rings is 1. The maximum Gasteiger partial charge on any atom is 0.263 e. The monoisotopic (exact) mass is 412 g/mol. The van der Waals surface area contributed by atoms with Crippen molar-refractivity contribution >= 4 is 33.3 Å². The van der Waals surface area contributed by atoms with Crippen molar-refractivity contribution in [2.45, 2.75) is 43.6 Å². The Morgan fingerprint density at radius 2 is 2.18 bits per heavy atom. The number of fused-ring (bicyclic) bond motifs is 3. The first-order valence-electron chi connectivity index (χ1n) is 9.52. The second-order valence-electron chi connectivity index (χ2n) is 7.27. The van der Waals surface area contributed by atoms with Crippen LogP contribution in [-0.4, -0.2) is 16.7 Å². The lowest BCUT2D eigenvalue weighted by atomic mass is 9.89. The molecule has 0 amide bonds. The van der Waals surface area contributed by atoms with Crippen LogP contribution in [0.4, 0.5) is 0 Å². The highest BCUT2D eigenvalue weighted by Crippen LogP contribution is 2.36. The summed E-state index contributed by atoms with van der Waals surface area (Å²) < 4.78 is 6.99. The van der Waals surface area contributed by atoms with E-state index in [0.717, 1.165) is 46.1 Å². The molecule has 0 fully saturated rings. The number of aryl methyl sites for hydroxylation is 1. The molecule has 0 bridgehead atoms. The van der Waals surface area contributed by atoms with Crippen LogP contribution in [0.1, 0.15) is 29.3 Å². The molecule has 0 spiro atoms. The Morgan fingerprint density at radius 3 is 2.89 bits per heavy atom. The molecule has 1 atom stereocenters. The molecule has 0 N–H and O–H groups in total. The fourth-order valence-electron chi connectivity index (χ4n) is 3.67. The number of methoxy groups -OCH3 is 1. The Labute approximate surface area is 173 Å². The standard InChI is InChI=1S/C22H24N2O2S2/c1-4-11-24-21(25)19-17-10-5-14(2)12-18(17)28-20(19)23-22(24)27-13-15-6-8-16(26-3)9-7-15/h4,6-9,14H,1,5,10-13H2,2-3H3/t14-/m0/s1. The summed E-state index contributed by atoms with van der Waals surface area (Å²) >= 11 is 3.30. The van der Waals surface area contributed by atoms with E-state index in [1.807, 2.05) is 24.3 Å². The fraction of sp³-hybridized carbons (Fsp3) is 0.364. The predicted octanol–water partition coefficient (Wildman–Crippen LogP) is 5.07. The Balaban J connectivity index is 1.71. The summed E-state index contributed by atoms with van der Waals surface area (Å²) in [5, 5.41) is 1.60. The van der Waals surface area contributed by atoms with Crippen molar-refractivity contribution in [1.82, 2.24) is 9.55 Å². The van der Waals surface area contributed by atoms with Crippen molar-refractivity contribution in [1.29, 1.82) is 0 Å². The smallest absolute Gasteiger partial charge is 0.263 e. The van der Waals surface area contributed by atoms with Crippen LogP contribution >= 0.6 is 23.1 Å². The minimum Gasteiger partial charge on any atom is -0.497 e. The molecule has 3 aromatic rings. The van der Waals surface area contributed by atoms with E-state index in [9.17, 15) is 4.79 Å². The van der Waals surface area contributed by atoms with Crippen molar-refractivity contribution in [3.63, 3.8) is 0 Å². The Bertz CT molecular complexity index is 1070. The SMILES string of the molecule is C=CCn1c(SCc2ccc(OC)cc2)nc2sc3c(c2c1=O)CC[C@H](C)C3. The largest absolute Gasteiger partial charge is 0.497 e. The minimum atomic E-state index is 0.0779. The van der Waals surface area contributed by atoms with Crippen molar-refractivity contribution < 1.29 is 4.74 Å². The molecule has 1 aromatic carbocycles. The molecule has 0 aliphatic heterocycles. The van der Waals surface area contributed by atoms with Gasteiger partial charge in [0.2, 0.25) is 0 Å². The van der Waals surface area contributed by atoms with E-state index < -0.39 is 0 Å². The lowest BCUT2D eigenvalue weighted by molar-refractivity contribution is 0.414. The van der Waals surface area contributed by atoms with E-state index in [2.05, 4.69) is 13.5 Å². The minimum absolute atomic E-state index is 0.0779. The average molecular weight is 413 g/mol. The second-order valence-corrected chi connectivity index (χ2v) is 9.29. The number of thioether (sulfide) groups is 1. The van der Waals surface area contributed by atoms with Gasteiger partial charge in [0.05, 0.1) is 12.5 Å². The van der Waals surface area contributed by atoms with Crippen molar-refractivity contribution in [3.05, 3.63) is 63.3 Å². The van der Waals surface area contributed by atoms with E-state index in [1.54, 1.807) is 40.9 Å². The molecular weight excluding hydrogens is 388 g/mol. The van der Waals surface area contributed by atoms with Gasteiger partial charge in [-0.2, -0.15) is 0 Å². The van der Waals surface area contributed by atoms with Gasteiger partial charge in [0, 0.05) is 17.2 Å². The first-order chi connectivity index (χ1) is 13.6. The highest BCUT2D eigenvalue weighted by molar-refractivity contribution is 7.98. The van der Waals surface area contributed by atoms with Gasteiger partial charge in [-0.15, -0.1) is 17.9 Å². The van der Waals surface area contributed by atoms with Gasteiger partial charge in [-0.3, -0.25) is 9.36 Å². The van der Waals surface area contributed by atoms with Crippen LogP contribution in [0.5, 0.6) is 5.75 Å². The van der Waals surface area contributed by atoms with Gasteiger partial charge in [0.1, 0.15) is 10.6 Å². The maximum atomic E-state index is 13.3. The number of nitrogens with zero attached hydrogens (tertiary/aromatic N) is 2. The van der Waals surface area contributed by atoms with Crippen molar-refractivity contribution in [3.8, 4) is 5.75 Å². The molecule has 4 rings (SSSR count). The van der Waals surface area contributed by atoms with Gasteiger partial charge in [-0.25, -0.2) is 4.98 Å². The third kappa shape index (κ3) is 3.63. The highest BCUT2D eigenvalue weighted by Gasteiger charge is 2.24. The topological polar surface area (TPSA) is 44.1 Å². The van der Waals surface area contributed by atoms with Crippen LogP contribution in [-0.2, 0) is 25.1 Å². The molecule has 2 aromatic heterocycles. The number of hydrogen-bond donors (Lipinski definition) is 0. The van der Waals surface area contributed by atoms with Gasteiger partial charge < -0.3 is 4.74 Å². The lowest BCUT2D eigenvalue weighted by Gasteiger charge is -2.17. The fourth-order valence-corrected chi connectivity index (χ4v) is 6.06. The molecule has 1 aliphatic rings. The first kappa shape index (κ1) is 19.3. The molecule has 6 heteroatoms. The lowest BCUT2D eigenvalue weighted by Crippen LogP contribution is -2.23. The Kier molecular flexibility index (Phi) is 5.60. The number of allylic oxidation sites excluding steroid dienone is 1. The van der Waals surface area contributed by atoms with Gasteiger partial charge in [-0.1, -0.05) is 36.9 Å². The summed E-state index contributed by atoms with van der Waals surface area (Å²) in [6.07, 6.45) is 4.96. The summed E-state index contributed by atoms with van der Waals surface area (Å²) in [5.74, 6) is 2.27. The van der Waals surface area contributed by atoms with Crippen LogP contribution in [0.2, 0.25) is 0 Å². The first-order valence-corrected chi connectivity index (χ1v) is 11.3. The van der Waals surface area contributed by atoms with Crippen LogP contribution in [0.15, 0.2) is 46.9 Å². The van der Waals surface area contributed by atoms with Gasteiger partial charge >= 0.3 is 0 Å². The van der Waals surface area contributed by atoms with Crippen LogP contribution < -0.4 is 10.3 Å². The number of thiophene rings is 1. The molecule has 1 aliphatic carbocycles. The predicted molar refractivity (Wildman–Crippen MR) is 118 cm³/mol. The highest BCUT2D eigenvalue weighted by atomic mass is 32.2. The average Bonchev–Trinajstić information content (AvgIpc) is 3.06. The zero-order valence-electron chi connectivity index (χ0n) is 16.2. The molecule has 146 valence electrons. The van der Waals surface area contributed by atoms with Crippen molar-refractivity contribution in [2.24, 2.45) is 5.92 Å². The number of aromatic nitrogens is 2. The molecule has 2 heterocycles. The molecule has 0 unspecified atom stereocenters. The molecule has 0 radical (unpaired) electrons. The zero-order chi connectivity index (χ0) is 19.7. The Morgan fingerprint density at radius 1 is 1.39 bits per heavy atom. The molecule has 0 saturated carbocycles. The normalized spacial score (nSPS) is 16.1. The molecular formula is C22H24N2O2S2. The molecule has 28 heavy (non-hydrogen) atoms. The molecule has 0 saturated heterocycles. The van der Waals surface area contributed by atoms with E-state index in [-0.39, 0.29) is 5.56 Å². The van der Waals surface area contributed by atoms with Gasteiger partial charge in [0.25, 0.3) is 5.56 Å². The third-order valence-electron chi connectivity index (χ3n) is 5.22. The maximum absolute atomic E-state index is 13.3. The van der Waals surface area contributed by atoms with Crippen LogP contribution in [0.25, 0.3) is 10.2 Å². The zero-order valence-corrected chi connectivity index (χ0v) is 17.9. The summed E-state index contributed by atoms with van der Waals surface area (Å²) in [7, 11) is 1.66. The van der Waals surface area contributed by atoms with Gasteiger partial charge in [0.15, 0.2) is 5.16 Å². The quantitative estimate of drug-likeness (QED) is 0.322. The molecule has 4 nitrogen and oxygen atoms in total. The summed E-state index contributed by atoms with van der Waals surface area (Å²) in [5.41, 5.74) is 2.49. The van der Waals surface area contributed by atoms with E-state index >= 15 is 0 Å². The van der Waals surface area contributed by atoms with Crippen molar-refractivity contribution in [2.75, 3.05) is 7.11 Å². The summed E-state index contributed by atoms with van der Waals surface area (Å²) in [6, 6.07) is 8.01. The van der Waals surface area contributed by atoms with E-state index in [0.29, 0.717) is 12.5 Å². The van der Waals surface area contributed by atoms with E-state index in [1.165, 1.54) is 16.0 Å². The second kappa shape index (κ2) is 8.13. The number of ether oxygens (including phenoxy) is 1. The summed E-state index contributed by atoms with van der Waals surface area (Å²) in [6.45, 7) is 6.60. The van der Waals surface area contributed by atoms with Gasteiger partial charge in [-0.05, 0) is 48.4 Å². The Hall–Kier alpha value is -2.05. The summed E-state index contributed by atoms with van der Waals surface area (Å²) in [4.78, 5) is 20.4. The van der Waals surface area contributed by atoms with Crippen LogP contribution in [0, 0.1) is 5.92 Å². The number of hydrogen-bond acceptors (Lipinski definition) is 5. The number of rotatable bonds is 6. The van der Waals surface area contributed by atoms with Crippen LogP contribution in [0.3, 0.4) is 0 Å². The van der Waals surface area contributed by atoms with E-state index in [4.69, 9.17) is 9.72 Å².